The monoisotopic (exact) mass is 382 g/mol. The van der Waals surface area contributed by atoms with E-state index < -0.39 is 0 Å². The molecule has 0 aliphatic carbocycles. The molecule has 1 aliphatic heterocycles. The second-order valence-corrected chi connectivity index (χ2v) is 7.74. The van der Waals surface area contributed by atoms with Gasteiger partial charge in [-0.05, 0) is 39.0 Å². The maximum Gasteiger partial charge on any atom is 0.260 e. The van der Waals surface area contributed by atoms with Gasteiger partial charge in [-0.2, -0.15) is 0 Å². The van der Waals surface area contributed by atoms with E-state index >= 15 is 0 Å². The van der Waals surface area contributed by atoms with E-state index in [4.69, 9.17) is 9.47 Å². The number of amides is 2. The summed E-state index contributed by atoms with van der Waals surface area (Å²) in [5.41, 5.74) is 2.60. The fourth-order valence-corrected chi connectivity index (χ4v) is 3.09. The summed E-state index contributed by atoms with van der Waals surface area (Å²) in [5, 5.41) is 2.78. The van der Waals surface area contributed by atoms with E-state index in [-0.39, 0.29) is 30.6 Å². The van der Waals surface area contributed by atoms with Crippen LogP contribution in [0, 0.1) is 6.92 Å². The van der Waals surface area contributed by atoms with Gasteiger partial charge in [0.05, 0.1) is 6.54 Å². The minimum absolute atomic E-state index is 0.0491. The Bertz CT molecular complexity index is 875. The highest BCUT2D eigenvalue weighted by Crippen LogP contribution is 2.41. The number of fused-ring (bicyclic) bond motifs is 1. The van der Waals surface area contributed by atoms with Gasteiger partial charge >= 0.3 is 0 Å². The Kier molecular flexibility index (Phi) is 5.58. The van der Waals surface area contributed by atoms with Crippen LogP contribution in [0.4, 0.5) is 5.69 Å². The zero-order valence-electron chi connectivity index (χ0n) is 16.7. The molecule has 3 rings (SSSR count). The Morgan fingerprint density at radius 1 is 1.18 bits per heavy atom. The second kappa shape index (κ2) is 7.92. The van der Waals surface area contributed by atoms with Crippen LogP contribution in [0.5, 0.6) is 11.5 Å². The van der Waals surface area contributed by atoms with Gasteiger partial charge < -0.3 is 19.7 Å². The molecule has 0 unspecified atom stereocenters. The van der Waals surface area contributed by atoms with Gasteiger partial charge in [0.1, 0.15) is 5.60 Å². The number of ether oxygens (including phenoxy) is 2. The van der Waals surface area contributed by atoms with Crippen molar-refractivity contribution in [2.45, 2.75) is 32.8 Å². The predicted octanol–water partition coefficient (Wildman–Crippen LogP) is 3.18. The smallest absolute Gasteiger partial charge is 0.260 e. The maximum atomic E-state index is 12.4. The van der Waals surface area contributed by atoms with E-state index in [9.17, 15) is 9.59 Å². The summed E-state index contributed by atoms with van der Waals surface area (Å²) in [5.74, 6) is 0.702. The van der Waals surface area contributed by atoms with Crippen LogP contribution in [-0.4, -0.2) is 42.5 Å². The molecule has 0 radical (unpaired) electrons. The van der Waals surface area contributed by atoms with Crippen molar-refractivity contribution in [1.82, 2.24) is 4.90 Å². The molecular weight excluding hydrogens is 356 g/mol. The molecule has 1 N–H and O–H groups in total. The normalized spacial score (nSPS) is 14.0. The zero-order chi connectivity index (χ0) is 20.3. The van der Waals surface area contributed by atoms with Crippen LogP contribution < -0.4 is 14.8 Å². The Morgan fingerprint density at radius 3 is 2.61 bits per heavy atom. The summed E-state index contributed by atoms with van der Waals surface area (Å²) in [4.78, 5) is 25.8. The minimum Gasteiger partial charge on any atom is -0.483 e. The van der Waals surface area contributed by atoms with Gasteiger partial charge in [-0.25, -0.2) is 0 Å². The highest BCUT2D eigenvalue weighted by atomic mass is 16.5. The van der Waals surface area contributed by atoms with E-state index in [0.29, 0.717) is 17.2 Å². The molecule has 1 heterocycles. The first kappa shape index (κ1) is 19.7. The lowest BCUT2D eigenvalue weighted by Gasteiger charge is -2.19. The number of hydrogen-bond acceptors (Lipinski definition) is 4. The third-order valence-corrected chi connectivity index (χ3v) is 4.55. The van der Waals surface area contributed by atoms with E-state index in [1.165, 1.54) is 4.90 Å². The van der Waals surface area contributed by atoms with Gasteiger partial charge in [0.2, 0.25) is 5.91 Å². The largest absolute Gasteiger partial charge is 0.483 e. The third-order valence-electron chi connectivity index (χ3n) is 4.55. The SMILES string of the molecule is Cc1ccc(NC(=O)CN(C)C(=O)COc2cccc3c2OC(C)(C)C3)cc1. The number of rotatable bonds is 6. The number of likely N-dealkylation sites (N-methyl/N-ethyl adjacent to an activating group) is 1. The zero-order valence-corrected chi connectivity index (χ0v) is 16.7. The van der Waals surface area contributed by atoms with Gasteiger partial charge in [0.25, 0.3) is 5.91 Å². The van der Waals surface area contributed by atoms with Crippen LogP contribution in [-0.2, 0) is 16.0 Å². The number of para-hydroxylation sites is 1. The lowest BCUT2D eigenvalue weighted by atomic mass is 10.0. The number of benzene rings is 2. The molecule has 148 valence electrons. The molecule has 2 aromatic carbocycles. The Balaban J connectivity index is 1.52. The van der Waals surface area contributed by atoms with E-state index in [1.807, 2.05) is 57.2 Å². The predicted molar refractivity (Wildman–Crippen MR) is 108 cm³/mol. The number of carbonyl (C=O) groups excluding carboxylic acids is 2. The van der Waals surface area contributed by atoms with Crippen LogP contribution in [0.2, 0.25) is 0 Å². The molecule has 0 spiro atoms. The van der Waals surface area contributed by atoms with Crippen LogP contribution in [0.25, 0.3) is 0 Å². The summed E-state index contributed by atoms with van der Waals surface area (Å²) < 4.78 is 11.6. The standard InChI is InChI=1S/C22H26N2O4/c1-15-8-10-17(11-9-15)23-19(25)13-24(4)20(26)14-27-18-7-5-6-16-12-22(2,3)28-21(16)18/h5-11H,12-14H2,1-4H3,(H,23,25). The lowest BCUT2D eigenvalue weighted by Crippen LogP contribution is -2.37. The summed E-state index contributed by atoms with van der Waals surface area (Å²) in [6, 6.07) is 13.2. The van der Waals surface area contributed by atoms with Crippen LogP contribution in [0.1, 0.15) is 25.0 Å². The fourth-order valence-electron chi connectivity index (χ4n) is 3.09. The third kappa shape index (κ3) is 4.82. The lowest BCUT2D eigenvalue weighted by molar-refractivity contribution is -0.135. The van der Waals surface area contributed by atoms with Crippen molar-refractivity contribution < 1.29 is 19.1 Å². The van der Waals surface area contributed by atoms with E-state index in [0.717, 1.165) is 17.5 Å². The van der Waals surface area contributed by atoms with Gasteiger partial charge in [0.15, 0.2) is 18.1 Å². The second-order valence-electron chi connectivity index (χ2n) is 7.74. The van der Waals surface area contributed by atoms with Crippen molar-refractivity contribution in [3.05, 3.63) is 53.6 Å². The minimum atomic E-state index is -0.283. The first-order chi connectivity index (χ1) is 13.2. The highest BCUT2D eigenvalue weighted by molar-refractivity contribution is 5.94. The molecule has 6 nitrogen and oxygen atoms in total. The number of hydrogen-bond donors (Lipinski definition) is 1. The number of anilines is 1. The van der Waals surface area contributed by atoms with Crippen molar-refractivity contribution in [1.29, 1.82) is 0 Å². The molecule has 0 atom stereocenters. The number of carbonyl (C=O) groups is 2. The molecule has 1 aliphatic rings. The molecule has 0 saturated heterocycles. The van der Waals surface area contributed by atoms with Gasteiger partial charge in [0, 0.05) is 24.7 Å². The van der Waals surface area contributed by atoms with Crippen LogP contribution in [0.15, 0.2) is 42.5 Å². The average molecular weight is 382 g/mol. The fraction of sp³-hybridized carbons (Fsp3) is 0.364. The Labute approximate surface area is 165 Å². The molecule has 2 amide bonds. The summed E-state index contributed by atoms with van der Waals surface area (Å²) >= 11 is 0. The van der Waals surface area contributed by atoms with Crippen molar-refractivity contribution >= 4 is 17.5 Å². The van der Waals surface area contributed by atoms with E-state index in [2.05, 4.69) is 5.32 Å². The van der Waals surface area contributed by atoms with Gasteiger partial charge in [-0.1, -0.05) is 29.8 Å². The number of nitrogens with zero attached hydrogens (tertiary/aromatic N) is 1. The van der Waals surface area contributed by atoms with E-state index in [1.54, 1.807) is 13.1 Å². The van der Waals surface area contributed by atoms with Crippen molar-refractivity contribution in [2.75, 3.05) is 25.5 Å². The maximum absolute atomic E-state index is 12.4. The highest BCUT2D eigenvalue weighted by Gasteiger charge is 2.32. The Hall–Kier alpha value is -3.02. The topological polar surface area (TPSA) is 67.9 Å². The molecule has 0 fully saturated rings. The van der Waals surface area contributed by atoms with Crippen molar-refractivity contribution in [2.24, 2.45) is 0 Å². The Morgan fingerprint density at radius 2 is 1.89 bits per heavy atom. The van der Waals surface area contributed by atoms with Crippen molar-refractivity contribution in [3.8, 4) is 11.5 Å². The first-order valence-electron chi connectivity index (χ1n) is 9.28. The molecular formula is C22H26N2O4. The van der Waals surface area contributed by atoms with Gasteiger partial charge in [-0.3, -0.25) is 9.59 Å². The average Bonchev–Trinajstić information content (AvgIpc) is 2.95. The number of nitrogens with one attached hydrogen (secondary N) is 1. The summed E-state index contributed by atoms with van der Waals surface area (Å²) in [6.07, 6.45) is 0.798. The van der Waals surface area contributed by atoms with Gasteiger partial charge in [-0.15, -0.1) is 0 Å². The number of aryl methyl sites for hydroxylation is 1. The van der Waals surface area contributed by atoms with Crippen molar-refractivity contribution in [3.63, 3.8) is 0 Å². The molecule has 0 saturated carbocycles. The molecule has 6 heteroatoms. The van der Waals surface area contributed by atoms with Crippen LogP contribution >= 0.6 is 0 Å². The molecule has 0 bridgehead atoms. The van der Waals surface area contributed by atoms with Crippen LogP contribution in [0.3, 0.4) is 0 Å². The first-order valence-corrected chi connectivity index (χ1v) is 9.28. The quantitative estimate of drug-likeness (QED) is 0.833. The molecule has 2 aromatic rings. The molecule has 0 aromatic heterocycles. The summed E-state index contributed by atoms with van der Waals surface area (Å²) in [6.45, 7) is 5.80. The molecule has 28 heavy (non-hydrogen) atoms. The summed E-state index contributed by atoms with van der Waals surface area (Å²) in [7, 11) is 1.58.